The van der Waals surface area contributed by atoms with E-state index in [4.69, 9.17) is 11.6 Å². The molecule has 4 rings (SSSR count). The van der Waals surface area contributed by atoms with Crippen molar-refractivity contribution in [1.29, 1.82) is 0 Å². The maximum absolute atomic E-state index is 6.17. The molecule has 2 aromatic heterocycles. The lowest BCUT2D eigenvalue weighted by Gasteiger charge is -2.10. The van der Waals surface area contributed by atoms with Crippen LogP contribution in [0.5, 0.6) is 0 Å². The predicted octanol–water partition coefficient (Wildman–Crippen LogP) is 5.09. The molecule has 0 unspecified atom stereocenters. The van der Waals surface area contributed by atoms with Gasteiger partial charge >= 0.3 is 0 Å². The largest absolute Gasteiger partial charge is 0.309 e. The zero-order chi connectivity index (χ0) is 16.4. The van der Waals surface area contributed by atoms with Gasteiger partial charge in [0, 0.05) is 22.2 Å². The SMILES string of the molecule is Clc1ccc2nc(Nc3ccccn3)nc(-c3ccccc3)c2c1. The topological polar surface area (TPSA) is 50.7 Å². The zero-order valence-electron chi connectivity index (χ0n) is 12.6. The first-order chi connectivity index (χ1) is 11.8. The van der Waals surface area contributed by atoms with Crippen molar-refractivity contribution in [3.8, 4) is 11.3 Å². The average molecular weight is 333 g/mol. The van der Waals surface area contributed by atoms with E-state index in [1.165, 1.54) is 0 Å². The van der Waals surface area contributed by atoms with Crippen molar-refractivity contribution in [3.05, 3.63) is 77.9 Å². The summed E-state index contributed by atoms with van der Waals surface area (Å²) in [6.07, 6.45) is 1.72. The van der Waals surface area contributed by atoms with Gasteiger partial charge in [0.15, 0.2) is 0 Å². The zero-order valence-corrected chi connectivity index (χ0v) is 13.4. The number of nitrogens with zero attached hydrogens (tertiary/aromatic N) is 3. The van der Waals surface area contributed by atoms with E-state index in [0.29, 0.717) is 16.8 Å². The maximum Gasteiger partial charge on any atom is 0.229 e. The minimum atomic E-state index is 0.502. The third-order valence-electron chi connectivity index (χ3n) is 3.61. The number of aromatic nitrogens is 3. The van der Waals surface area contributed by atoms with Crippen molar-refractivity contribution in [2.45, 2.75) is 0 Å². The summed E-state index contributed by atoms with van der Waals surface area (Å²) < 4.78 is 0. The van der Waals surface area contributed by atoms with Gasteiger partial charge in [-0.25, -0.2) is 15.0 Å². The van der Waals surface area contributed by atoms with E-state index in [1.807, 2.05) is 66.7 Å². The smallest absolute Gasteiger partial charge is 0.229 e. The summed E-state index contributed by atoms with van der Waals surface area (Å²) in [5.74, 6) is 1.20. The number of hydrogen-bond donors (Lipinski definition) is 1. The van der Waals surface area contributed by atoms with E-state index in [2.05, 4.69) is 20.3 Å². The van der Waals surface area contributed by atoms with Crippen LogP contribution in [0.4, 0.5) is 11.8 Å². The first kappa shape index (κ1) is 14.6. The molecule has 0 saturated carbocycles. The lowest BCUT2D eigenvalue weighted by Crippen LogP contribution is -2.01. The summed E-state index contributed by atoms with van der Waals surface area (Å²) in [4.78, 5) is 13.5. The molecule has 0 atom stereocenters. The number of pyridine rings is 1. The Hall–Kier alpha value is -2.98. The Morgan fingerprint density at radius 2 is 1.67 bits per heavy atom. The fourth-order valence-corrected chi connectivity index (χ4v) is 2.70. The number of anilines is 2. The van der Waals surface area contributed by atoms with Gasteiger partial charge in [-0.3, -0.25) is 0 Å². The lowest BCUT2D eigenvalue weighted by atomic mass is 10.1. The molecule has 116 valence electrons. The molecule has 2 aromatic carbocycles. The number of fused-ring (bicyclic) bond motifs is 1. The second-order valence-electron chi connectivity index (χ2n) is 5.26. The van der Waals surface area contributed by atoms with Crippen molar-refractivity contribution < 1.29 is 0 Å². The van der Waals surface area contributed by atoms with Crippen molar-refractivity contribution in [2.75, 3.05) is 5.32 Å². The van der Waals surface area contributed by atoms with Crippen molar-refractivity contribution in [3.63, 3.8) is 0 Å². The van der Waals surface area contributed by atoms with Gasteiger partial charge in [-0.1, -0.05) is 48.0 Å². The molecule has 1 N–H and O–H groups in total. The van der Waals surface area contributed by atoms with E-state index < -0.39 is 0 Å². The van der Waals surface area contributed by atoms with Crippen LogP contribution in [0, 0.1) is 0 Å². The molecular weight excluding hydrogens is 320 g/mol. The molecule has 0 spiro atoms. The molecular formula is C19H13ClN4. The molecule has 0 aliphatic heterocycles. The molecule has 2 heterocycles. The summed E-state index contributed by atoms with van der Waals surface area (Å²) in [6.45, 7) is 0. The molecule has 4 aromatic rings. The second kappa shape index (κ2) is 6.26. The maximum atomic E-state index is 6.17. The highest BCUT2D eigenvalue weighted by molar-refractivity contribution is 6.31. The van der Waals surface area contributed by atoms with E-state index in [0.717, 1.165) is 22.2 Å². The summed E-state index contributed by atoms with van der Waals surface area (Å²) in [5, 5.41) is 4.73. The van der Waals surface area contributed by atoms with Crippen LogP contribution < -0.4 is 5.32 Å². The first-order valence-electron chi connectivity index (χ1n) is 7.50. The van der Waals surface area contributed by atoms with Crippen LogP contribution in [0.25, 0.3) is 22.2 Å². The van der Waals surface area contributed by atoms with Gasteiger partial charge in [-0.2, -0.15) is 0 Å². The fraction of sp³-hybridized carbons (Fsp3) is 0. The highest BCUT2D eigenvalue weighted by Gasteiger charge is 2.11. The molecule has 0 fully saturated rings. The minimum Gasteiger partial charge on any atom is -0.309 e. The van der Waals surface area contributed by atoms with Crippen LogP contribution >= 0.6 is 11.6 Å². The molecule has 0 aliphatic carbocycles. The van der Waals surface area contributed by atoms with Crippen LogP contribution in [-0.2, 0) is 0 Å². The third kappa shape index (κ3) is 2.92. The van der Waals surface area contributed by atoms with Crippen LogP contribution in [0.1, 0.15) is 0 Å². The Morgan fingerprint density at radius 3 is 2.46 bits per heavy atom. The highest BCUT2D eigenvalue weighted by atomic mass is 35.5. The molecule has 4 nitrogen and oxygen atoms in total. The Labute approximate surface area is 144 Å². The van der Waals surface area contributed by atoms with Crippen LogP contribution in [-0.4, -0.2) is 15.0 Å². The average Bonchev–Trinajstić information content (AvgIpc) is 2.63. The van der Waals surface area contributed by atoms with Crippen LogP contribution in [0.15, 0.2) is 72.9 Å². The molecule has 24 heavy (non-hydrogen) atoms. The van der Waals surface area contributed by atoms with Crippen molar-refractivity contribution in [1.82, 2.24) is 15.0 Å². The molecule has 5 heteroatoms. The third-order valence-corrected chi connectivity index (χ3v) is 3.84. The van der Waals surface area contributed by atoms with Gasteiger partial charge in [0.05, 0.1) is 11.2 Å². The van der Waals surface area contributed by atoms with Crippen molar-refractivity contribution >= 4 is 34.3 Å². The van der Waals surface area contributed by atoms with Gasteiger partial charge in [-0.05, 0) is 30.3 Å². The molecule has 0 bridgehead atoms. The van der Waals surface area contributed by atoms with E-state index in [-0.39, 0.29) is 0 Å². The van der Waals surface area contributed by atoms with Gasteiger partial charge in [0.25, 0.3) is 0 Å². The van der Waals surface area contributed by atoms with Gasteiger partial charge < -0.3 is 5.32 Å². The first-order valence-corrected chi connectivity index (χ1v) is 7.88. The molecule has 0 radical (unpaired) electrons. The summed E-state index contributed by atoms with van der Waals surface area (Å²) >= 11 is 6.17. The standard InChI is InChI=1S/C19H13ClN4/c20-14-9-10-16-15(12-14)18(13-6-2-1-3-7-13)24-19(22-16)23-17-8-4-5-11-21-17/h1-12H,(H,21,22,23,24). The van der Waals surface area contributed by atoms with Crippen LogP contribution in [0.3, 0.4) is 0 Å². The van der Waals surface area contributed by atoms with E-state index in [1.54, 1.807) is 6.20 Å². The fourth-order valence-electron chi connectivity index (χ4n) is 2.52. The Bertz CT molecular complexity index is 988. The van der Waals surface area contributed by atoms with Crippen LogP contribution in [0.2, 0.25) is 5.02 Å². The Kier molecular flexibility index (Phi) is 3.81. The molecule has 0 saturated heterocycles. The number of benzene rings is 2. The monoisotopic (exact) mass is 332 g/mol. The quantitative estimate of drug-likeness (QED) is 0.567. The van der Waals surface area contributed by atoms with Gasteiger partial charge in [0.1, 0.15) is 5.82 Å². The number of halogens is 1. The summed E-state index contributed by atoms with van der Waals surface area (Å²) in [6, 6.07) is 21.3. The molecule has 0 amide bonds. The lowest BCUT2D eigenvalue weighted by molar-refractivity contribution is 1.19. The van der Waals surface area contributed by atoms with Gasteiger partial charge in [-0.15, -0.1) is 0 Å². The van der Waals surface area contributed by atoms with Crippen molar-refractivity contribution in [2.24, 2.45) is 0 Å². The summed E-state index contributed by atoms with van der Waals surface area (Å²) in [7, 11) is 0. The predicted molar refractivity (Wildman–Crippen MR) is 97.5 cm³/mol. The Balaban J connectivity index is 1.89. The number of rotatable bonds is 3. The molecule has 0 aliphatic rings. The highest BCUT2D eigenvalue weighted by Crippen LogP contribution is 2.29. The number of hydrogen-bond acceptors (Lipinski definition) is 4. The minimum absolute atomic E-state index is 0.502. The number of nitrogens with one attached hydrogen (secondary N) is 1. The normalized spacial score (nSPS) is 10.7. The summed E-state index contributed by atoms with van der Waals surface area (Å²) in [5.41, 5.74) is 2.67. The second-order valence-corrected chi connectivity index (χ2v) is 5.70. The van der Waals surface area contributed by atoms with E-state index in [9.17, 15) is 0 Å². The Morgan fingerprint density at radius 1 is 0.833 bits per heavy atom. The van der Waals surface area contributed by atoms with Gasteiger partial charge in [0.2, 0.25) is 5.95 Å². The van der Waals surface area contributed by atoms with E-state index >= 15 is 0 Å².